The smallest absolute Gasteiger partial charge is 0.0210 e. The predicted octanol–water partition coefficient (Wildman–Crippen LogP) is 4.71. The maximum Gasteiger partial charge on any atom is 0.0210 e. The van der Waals surface area contributed by atoms with Crippen molar-refractivity contribution in [3.8, 4) is 0 Å². The first kappa shape index (κ1) is 15.6. The summed E-state index contributed by atoms with van der Waals surface area (Å²) in [5, 5.41) is 3.53. The van der Waals surface area contributed by atoms with Crippen molar-refractivity contribution in [1.82, 2.24) is 5.32 Å². The van der Waals surface area contributed by atoms with Gasteiger partial charge < -0.3 is 5.32 Å². The predicted molar refractivity (Wildman–Crippen MR) is 83.2 cm³/mol. The topological polar surface area (TPSA) is 12.0 Å². The van der Waals surface area contributed by atoms with Crippen LogP contribution >= 0.6 is 11.8 Å². The number of hydrogen-bond acceptors (Lipinski definition) is 2. The van der Waals surface area contributed by atoms with Crippen LogP contribution in [0.15, 0.2) is 29.2 Å². The summed E-state index contributed by atoms with van der Waals surface area (Å²) in [5.74, 6) is 2.01. The van der Waals surface area contributed by atoms with Gasteiger partial charge in [0.15, 0.2) is 0 Å². The summed E-state index contributed by atoms with van der Waals surface area (Å²) in [7, 11) is 0. The van der Waals surface area contributed by atoms with E-state index in [1.807, 2.05) is 11.8 Å². The molecule has 1 aromatic rings. The molecule has 0 aliphatic carbocycles. The van der Waals surface area contributed by atoms with Crippen molar-refractivity contribution in [3.05, 3.63) is 29.8 Å². The molecule has 0 unspecified atom stereocenters. The van der Waals surface area contributed by atoms with Gasteiger partial charge in [0.25, 0.3) is 0 Å². The maximum absolute atomic E-state index is 3.53. The monoisotopic (exact) mass is 265 g/mol. The molecule has 0 aliphatic heterocycles. The summed E-state index contributed by atoms with van der Waals surface area (Å²) in [6.45, 7) is 12.1. The van der Waals surface area contributed by atoms with Gasteiger partial charge in [0.05, 0.1) is 0 Å². The second-order valence-electron chi connectivity index (χ2n) is 6.28. The van der Waals surface area contributed by atoms with E-state index in [2.05, 4.69) is 64.2 Å². The molecule has 0 atom stereocenters. The van der Waals surface area contributed by atoms with Gasteiger partial charge in [-0.15, -0.1) is 11.8 Å². The Morgan fingerprint density at radius 2 is 1.94 bits per heavy atom. The zero-order valence-electron chi connectivity index (χ0n) is 12.4. The van der Waals surface area contributed by atoms with E-state index in [1.165, 1.54) is 22.6 Å². The third-order valence-corrected chi connectivity index (χ3v) is 3.71. The van der Waals surface area contributed by atoms with Crippen molar-refractivity contribution < 1.29 is 0 Å². The summed E-state index contributed by atoms with van der Waals surface area (Å²) in [6.07, 6.45) is 1.29. The summed E-state index contributed by atoms with van der Waals surface area (Å²) in [4.78, 5) is 1.39. The van der Waals surface area contributed by atoms with Crippen molar-refractivity contribution in [3.63, 3.8) is 0 Å². The summed E-state index contributed by atoms with van der Waals surface area (Å²) in [5.41, 5.74) is 1.56. The highest BCUT2D eigenvalue weighted by atomic mass is 32.2. The third kappa shape index (κ3) is 7.07. The van der Waals surface area contributed by atoms with Gasteiger partial charge in [-0.2, -0.15) is 0 Å². The van der Waals surface area contributed by atoms with E-state index >= 15 is 0 Å². The SMILES string of the molecule is CC(C)CCSc1cccc(CNC(C)(C)C)c1. The van der Waals surface area contributed by atoms with Crippen molar-refractivity contribution in [2.24, 2.45) is 5.92 Å². The van der Waals surface area contributed by atoms with Crippen LogP contribution in [0.4, 0.5) is 0 Å². The molecule has 1 aromatic carbocycles. The van der Waals surface area contributed by atoms with E-state index in [0.717, 1.165) is 12.5 Å². The highest BCUT2D eigenvalue weighted by Crippen LogP contribution is 2.21. The lowest BCUT2D eigenvalue weighted by molar-refractivity contribution is 0.424. The fourth-order valence-corrected chi connectivity index (χ4v) is 2.76. The van der Waals surface area contributed by atoms with Gasteiger partial charge in [0.1, 0.15) is 0 Å². The zero-order chi connectivity index (χ0) is 13.6. The molecule has 0 saturated carbocycles. The average molecular weight is 265 g/mol. The van der Waals surface area contributed by atoms with Gasteiger partial charge in [-0.3, -0.25) is 0 Å². The van der Waals surface area contributed by atoms with Crippen LogP contribution in [0.3, 0.4) is 0 Å². The zero-order valence-corrected chi connectivity index (χ0v) is 13.2. The van der Waals surface area contributed by atoms with Gasteiger partial charge in [-0.25, -0.2) is 0 Å². The van der Waals surface area contributed by atoms with Gasteiger partial charge in [-0.1, -0.05) is 26.0 Å². The van der Waals surface area contributed by atoms with Crippen LogP contribution in [0, 0.1) is 5.92 Å². The molecule has 0 radical (unpaired) electrons. The number of thioether (sulfide) groups is 1. The Balaban J connectivity index is 2.46. The maximum atomic E-state index is 3.53. The molecule has 0 spiro atoms. The second kappa shape index (κ2) is 7.20. The molecule has 0 fully saturated rings. The first-order valence-corrected chi connectivity index (χ1v) is 7.82. The van der Waals surface area contributed by atoms with Crippen LogP contribution in [-0.4, -0.2) is 11.3 Å². The minimum atomic E-state index is 0.181. The molecule has 0 bridgehead atoms. The van der Waals surface area contributed by atoms with Crippen molar-refractivity contribution in [2.75, 3.05) is 5.75 Å². The first-order valence-electron chi connectivity index (χ1n) is 6.83. The molecule has 1 rings (SSSR count). The van der Waals surface area contributed by atoms with E-state index in [0.29, 0.717) is 0 Å². The molecule has 18 heavy (non-hydrogen) atoms. The van der Waals surface area contributed by atoms with Crippen LogP contribution in [-0.2, 0) is 6.54 Å². The Morgan fingerprint density at radius 3 is 2.56 bits per heavy atom. The van der Waals surface area contributed by atoms with Crippen molar-refractivity contribution >= 4 is 11.8 Å². The Hall–Kier alpha value is -0.470. The minimum absolute atomic E-state index is 0.181. The molecule has 0 aliphatic rings. The lowest BCUT2D eigenvalue weighted by Gasteiger charge is -2.20. The molecular formula is C16H27NS. The second-order valence-corrected chi connectivity index (χ2v) is 7.45. The Bertz CT molecular complexity index is 352. The number of nitrogens with one attached hydrogen (secondary N) is 1. The largest absolute Gasteiger partial charge is 0.308 e. The quantitative estimate of drug-likeness (QED) is 0.747. The van der Waals surface area contributed by atoms with E-state index in [4.69, 9.17) is 0 Å². The molecule has 0 saturated heterocycles. The lowest BCUT2D eigenvalue weighted by atomic mass is 10.1. The standard InChI is InChI=1S/C16H27NS/c1-13(2)9-10-18-15-8-6-7-14(11-15)12-17-16(3,4)5/h6-8,11,13,17H,9-10,12H2,1-5H3. The fraction of sp³-hybridized carbons (Fsp3) is 0.625. The van der Waals surface area contributed by atoms with Crippen LogP contribution in [0.25, 0.3) is 0 Å². The summed E-state index contributed by atoms with van der Waals surface area (Å²) in [6, 6.07) is 8.89. The molecular weight excluding hydrogens is 238 g/mol. The van der Waals surface area contributed by atoms with E-state index in [9.17, 15) is 0 Å². The van der Waals surface area contributed by atoms with Gasteiger partial charge in [0.2, 0.25) is 0 Å². The Morgan fingerprint density at radius 1 is 1.22 bits per heavy atom. The van der Waals surface area contributed by atoms with Crippen molar-refractivity contribution in [1.29, 1.82) is 0 Å². The fourth-order valence-electron chi connectivity index (χ4n) is 1.52. The third-order valence-electron chi connectivity index (χ3n) is 2.69. The van der Waals surface area contributed by atoms with E-state index in [-0.39, 0.29) is 5.54 Å². The Labute approximate surface area is 117 Å². The molecule has 1 nitrogen and oxygen atoms in total. The first-order chi connectivity index (χ1) is 8.37. The normalized spacial score (nSPS) is 12.1. The molecule has 0 amide bonds. The highest BCUT2D eigenvalue weighted by molar-refractivity contribution is 7.99. The van der Waals surface area contributed by atoms with Gasteiger partial charge in [-0.05, 0) is 56.6 Å². The van der Waals surface area contributed by atoms with Gasteiger partial charge >= 0.3 is 0 Å². The van der Waals surface area contributed by atoms with Crippen molar-refractivity contribution in [2.45, 2.75) is 58.0 Å². The Kier molecular flexibility index (Phi) is 6.24. The lowest BCUT2D eigenvalue weighted by Crippen LogP contribution is -2.35. The molecule has 0 heterocycles. The number of hydrogen-bond donors (Lipinski definition) is 1. The molecule has 2 heteroatoms. The van der Waals surface area contributed by atoms with Crippen LogP contribution in [0.5, 0.6) is 0 Å². The van der Waals surface area contributed by atoms with E-state index < -0.39 is 0 Å². The minimum Gasteiger partial charge on any atom is -0.308 e. The van der Waals surface area contributed by atoms with Gasteiger partial charge in [0, 0.05) is 17.0 Å². The average Bonchev–Trinajstić information content (AvgIpc) is 2.26. The number of rotatable bonds is 6. The molecule has 0 aromatic heterocycles. The summed E-state index contributed by atoms with van der Waals surface area (Å²) < 4.78 is 0. The molecule has 102 valence electrons. The van der Waals surface area contributed by atoms with Crippen LogP contribution < -0.4 is 5.32 Å². The van der Waals surface area contributed by atoms with E-state index in [1.54, 1.807) is 0 Å². The number of benzene rings is 1. The van der Waals surface area contributed by atoms with Crippen LogP contribution in [0.2, 0.25) is 0 Å². The molecule has 1 N–H and O–H groups in total. The summed E-state index contributed by atoms with van der Waals surface area (Å²) >= 11 is 1.97. The van der Waals surface area contributed by atoms with Crippen LogP contribution in [0.1, 0.15) is 46.6 Å². The highest BCUT2D eigenvalue weighted by Gasteiger charge is 2.08.